The molecule has 28 heavy (non-hydrogen) atoms. The number of fused-ring (bicyclic) bond motifs is 1. The van der Waals surface area contributed by atoms with Crippen LogP contribution in [0.15, 0.2) is 71.8 Å². The third-order valence-electron chi connectivity index (χ3n) is 4.21. The van der Waals surface area contributed by atoms with Gasteiger partial charge in [0.2, 0.25) is 0 Å². The number of nitrogens with zero attached hydrogens (tertiary/aromatic N) is 5. The lowest BCUT2D eigenvalue weighted by atomic mass is 10.2. The molecule has 0 saturated heterocycles. The summed E-state index contributed by atoms with van der Waals surface area (Å²) in [5.74, 6) is -0.524. The number of hydrogen-bond donors (Lipinski definition) is 0. The van der Waals surface area contributed by atoms with Crippen LogP contribution in [0.25, 0.3) is 11.2 Å². The van der Waals surface area contributed by atoms with Gasteiger partial charge in [-0.2, -0.15) is 0 Å². The van der Waals surface area contributed by atoms with Gasteiger partial charge in [-0.15, -0.1) is 5.10 Å². The van der Waals surface area contributed by atoms with Crippen molar-refractivity contribution in [2.24, 2.45) is 0 Å². The highest BCUT2D eigenvalue weighted by atomic mass is 16.5. The van der Waals surface area contributed by atoms with Crippen LogP contribution in [0.2, 0.25) is 0 Å². The molecule has 0 aliphatic heterocycles. The van der Waals surface area contributed by atoms with Crippen molar-refractivity contribution in [2.45, 2.75) is 19.7 Å². The van der Waals surface area contributed by atoms with Crippen molar-refractivity contribution in [1.29, 1.82) is 0 Å². The van der Waals surface area contributed by atoms with Gasteiger partial charge in [-0.1, -0.05) is 65.9 Å². The minimum Gasteiger partial charge on any atom is -0.459 e. The van der Waals surface area contributed by atoms with E-state index in [4.69, 9.17) is 4.74 Å². The summed E-state index contributed by atoms with van der Waals surface area (Å²) in [7, 11) is 0. The molecule has 0 aliphatic carbocycles. The molecule has 2 aromatic carbocycles. The quantitative estimate of drug-likeness (QED) is 0.477. The molecule has 0 spiro atoms. The minimum absolute atomic E-state index is 0.120. The molecule has 8 heteroatoms. The summed E-state index contributed by atoms with van der Waals surface area (Å²) in [6.45, 7) is 0.365. The van der Waals surface area contributed by atoms with Crippen molar-refractivity contribution >= 4 is 17.1 Å². The monoisotopic (exact) mass is 375 g/mol. The number of esters is 1. The molecule has 0 atom stereocenters. The normalized spacial score (nSPS) is 10.9. The minimum atomic E-state index is -0.524. The second kappa shape index (κ2) is 7.83. The summed E-state index contributed by atoms with van der Waals surface area (Å²) in [4.78, 5) is 28.9. The predicted molar refractivity (Wildman–Crippen MR) is 101 cm³/mol. The SMILES string of the molecule is O=C(Cn1cnc2c(nnn2Cc2ccccc2)c1=O)OCc1ccccc1. The van der Waals surface area contributed by atoms with Crippen molar-refractivity contribution in [2.75, 3.05) is 0 Å². The number of rotatable bonds is 6. The van der Waals surface area contributed by atoms with Crippen LogP contribution in [-0.4, -0.2) is 30.5 Å². The van der Waals surface area contributed by atoms with Crippen molar-refractivity contribution in [3.63, 3.8) is 0 Å². The maximum absolute atomic E-state index is 12.6. The Labute approximate surface area is 160 Å². The molecule has 0 amide bonds. The summed E-state index contributed by atoms with van der Waals surface area (Å²) in [5.41, 5.74) is 1.96. The third kappa shape index (κ3) is 3.80. The smallest absolute Gasteiger partial charge is 0.326 e. The topological polar surface area (TPSA) is 91.9 Å². The van der Waals surface area contributed by atoms with Crippen LogP contribution in [0.4, 0.5) is 0 Å². The van der Waals surface area contributed by atoms with Crippen molar-refractivity contribution < 1.29 is 9.53 Å². The molecule has 4 rings (SSSR count). The Morgan fingerprint density at radius 3 is 2.36 bits per heavy atom. The summed E-state index contributed by atoms with van der Waals surface area (Å²) in [6, 6.07) is 19.0. The molecule has 0 aliphatic rings. The number of hydrogen-bond acceptors (Lipinski definition) is 6. The Morgan fingerprint density at radius 2 is 1.64 bits per heavy atom. The summed E-state index contributed by atoms with van der Waals surface area (Å²) < 4.78 is 7.95. The molecule has 0 unspecified atom stereocenters. The Balaban J connectivity index is 1.49. The average molecular weight is 375 g/mol. The van der Waals surface area contributed by atoms with Gasteiger partial charge < -0.3 is 4.74 Å². The van der Waals surface area contributed by atoms with Gasteiger partial charge >= 0.3 is 5.97 Å². The van der Waals surface area contributed by atoms with Crippen LogP contribution in [0.1, 0.15) is 11.1 Å². The first-order chi connectivity index (χ1) is 13.7. The van der Waals surface area contributed by atoms with E-state index in [1.165, 1.54) is 10.9 Å². The van der Waals surface area contributed by atoms with Crippen LogP contribution in [-0.2, 0) is 29.2 Å². The van der Waals surface area contributed by atoms with Gasteiger partial charge in [0.15, 0.2) is 11.2 Å². The fourth-order valence-corrected chi connectivity index (χ4v) is 2.79. The van der Waals surface area contributed by atoms with Crippen molar-refractivity contribution in [3.8, 4) is 0 Å². The van der Waals surface area contributed by atoms with Crippen LogP contribution < -0.4 is 5.56 Å². The van der Waals surface area contributed by atoms with E-state index in [2.05, 4.69) is 15.3 Å². The van der Waals surface area contributed by atoms with Crippen LogP contribution in [0.5, 0.6) is 0 Å². The van der Waals surface area contributed by atoms with E-state index in [9.17, 15) is 9.59 Å². The number of ether oxygens (including phenoxy) is 1. The van der Waals surface area contributed by atoms with Gasteiger partial charge in [-0.25, -0.2) is 9.67 Å². The summed E-state index contributed by atoms with van der Waals surface area (Å²) in [5, 5.41) is 7.96. The van der Waals surface area contributed by atoms with Gasteiger partial charge in [0.1, 0.15) is 19.5 Å². The Hall–Kier alpha value is -3.81. The van der Waals surface area contributed by atoms with E-state index >= 15 is 0 Å². The lowest BCUT2D eigenvalue weighted by Crippen LogP contribution is -2.26. The second-order valence-corrected chi connectivity index (χ2v) is 6.23. The van der Waals surface area contributed by atoms with E-state index < -0.39 is 11.5 Å². The van der Waals surface area contributed by atoms with E-state index in [0.717, 1.165) is 11.1 Å². The number of carbonyl (C=O) groups is 1. The van der Waals surface area contributed by atoms with Gasteiger partial charge in [0.25, 0.3) is 5.56 Å². The molecule has 140 valence electrons. The molecular weight excluding hydrogens is 358 g/mol. The molecule has 0 saturated carbocycles. The fraction of sp³-hybridized carbons (Fsp3) is 0.150. The highest BCUT2D eigenvalue weighted by Gasteiger charge is 2.14. The zero-order valence-electron chi connectivity index (χ0n) is 14.9. The highest BCUT2D eigenvalue weighted by Crippen LogP contribution is 2.07. The highest BCUT2D eigenvalue weighted by molar-refractivity contribution is 5.71. The second-order valence-electron chi connectivity index (χ2n) is 6.23. The van der Waals surface area contributed by atoms with Gasteiger partial charge in [0.05, 0.1) is 6.54 Å². The zero-order chi connectivity index (χ0) is 19.3. The molecule has 0 N–H and O–H groups in total. The average Bonchev–Trinajstić information content (AvgIpc) is 3.13. The largest absolute Gasteiger partial charge is 0.459 e. The summed E-state index contributed by atoms with van der Waals surface area (Å²) in [6.07, 6.45) is 1.32. The molecule has 0 fully saturated rings. The van der Waals surface area contributed by atoms with Crippen molar-refractivity contribution in [1.82, 2.24) is 24.5 Å². The number of carbonyl (C=O) groups excluding carboxylic acids is 1. The van der Waals surface area contributed by atoms with Gasteiger partial charge in [-0.3, -0.25) is 14.2 Å². The first kappa shape index (κ1) is 17.6. The van der Waals surface area contributed by atoms with Gasteiger partial charge in [0, 0.05) is 0 Å². The molecule has 8 nitrogen and oxygen atoms in total. The standard InChI is InChI=1S/C20H17N5O3/c26-17(28-13-16-9-5-2-6-10-16)12-24-14-21-19-18(20(24)27)22-23-25(19)11-15-7-3-1-4-8-15/h1-10,14H,11-13H2. The maximum atomic E-state index is 12.6. The summed E-state index contributed by atoms with van der Waals surface area (Å²) >= 11 is 0. The lowest BCUT2D eigenvalue weighted by molar-refractivity contribution is -0.145. The van der Waals surface area contributed by atoms with E-state index in [1.54, 1.807) is 4.68 Å². The molecular formula is C20H17N5O3. The van der Waals surface area contributed by atoms with Crippen LogP contribution in [0.3, 0.4) is 0 Å². The zero-order valence-corrected chi connectivity index (χ0v) is 14.9. The molecule has 0 radical (unpaired) electrons. The third-order valence-corrected chi connectivity index (χ3v) is 4.21. The maximum Gasteiger partial charge on any atom is 0.326 e. The fourth-order valence-electron chi connectivity index (χ4n) is 2.79. The van der Waals surface area contributed by atoms with Crippen molar-refractivity contribution in [3.05, 3.63) is 88.5 Å². The Bertz CT molecular complexity index is 1150. The van der Waals surface area contributed by atoms with E-state index in [0.29, 0.717) is 12.2 Å². The number of benzene rings is 2. The Kier molecular flexibility index (Phi) is 4.92. The first-order valence-electron chi connectivity index (χ1n) is 8.73. The molecule has 4 aromatic rings. The first-order valence-corrected chi connectivity index (χ1v) is 8.73. The molecule has 2 heterocycles. The van der Waals surface area contributed by atoms with Crippen LogP contribution >= 0.6 is 0 Å². The van der Waals surface area contributed by atoms with Crippen LogP contribution in [0, 0.1) is 0 Å². The predicted octanol–water partition coefficient (Wildman–Crippen LogP) is 1.78. The molecule has 2 aromatic heterocycles. The number of aromatic nitrogens is 5. The van der Waals surface area contributed by atoms with E-state index in [-0.39, 0.29) is 18.7 Å². The molecule has 0 bridgehead atoms. The van der Waals surface area contributed by atoms with E-state index in [1.807, 2.05) is 60.7 Å². The van der Waals surface area contributed by atoms with Gasteiger partial charge in [-0.05, 0) is 11.1 Å². The lowest BCUT2D eigenvalue weighted by Gasteiger charge is -2.07. The Morgan fingerprint density at radius 1 is 0.964 bits per heavy atom.